The number of hydrazine groups is 1. The van der Waals surface area contributed by atoms with Crippen LogP contribution in [0.3, 0.4) is 0 Å². The molecule has 1 aromatic heterocycles. The number of amides is 1. The molecule has 0 aromatic carbocycles. The minimum absolute atomic E-state index is 0.0995. The summed E-state index contributed by atoms with van der Waals surface area (Å²) in [6, 6.07) is 0.0995. The average Bonchev–Trinajstić information content (AvgIpc) is 2.55. The van der Waals surface area contributed by atoms with Gasteiger partial charge in [-0.25, -0.2) is 10.8 Å². The first kappa shape index (κ1) is 15.7. The summed E-state index contributed by atoms with van der Waals surface area (Å²) in [5, 5.41) is 3.02. The third kappa shape index (κ3) is 3.68. The van der Waals surface area contributed by atoms with Crippen LogP contribution in [0.5, 0.6) is 0 Å². The van der Waals surface area contributed by atoms with E-state index in [4.69, 9.17) is 10.6 Å². The van der Waals surface area contributed by atoms with Crippen molar-refractivity contribution in [3.8, 4) is 0 Å². The first-order valence-corrected chi connectivity index (χ1v) is 7.36. The molecule has 1 aliphatic heterocycles. The first-order chi connectivity index (χ1) is 10.1. The lowest BCUT2D eigenvalue weighted by Gasteiger charge is -2.40. The van der Waals surface area contributed by atoms with Crippen LogP contribution in [-0.2, 0) is 4.74 Å². The molecule has 7 nitrogen and oxygen atoms in total. The maximum Gasteiger partial charge on any atom is 0.271 e. The van der Waals surface area contributed by atoms with Crippen molar-refractivity contribution in [3.05, 3.63) is 18.1 Å². The SMILES string of the molecule is CCC1(CC)CC(NC(=O)c2cncc(NN)n2)CCO1. The standard InChI is InChI=1S/C14H23N5O2/c1-3-14(4-2)7-10(5-6-21-14)17-13(20)11-8-16-9-12(18-11)19-15/h8-10H,3-7,15H2,1-2H3,(H,17,20)(H,18,19). The number of nitrogens with one attached hydrogen (secondary N) is 2. The van der Waals surface area contributed by atoms with Crippen LogP contribution in [0.15, 0.2) is 12.4 Å². The summed E-state index contributed by atoms with van der Waals surface area (Å²) in [6.07, 6.45) is 6.43. The highest BCUT2D eigenvalue weighted by molar-refractivity contribution is 5.92. The number of nitrogens with two attached hydrogens (primary N) is 1. The van der Waals surface area contributed by atoms with Crippen molar-refractivity contribution in [3.63, 3.8) is 0 Å². The summed E-state index contributed by atoms with van der Waals surface area (Å²) in [5.74, 6) is 5.41. The largest absolute Gasteiger partial charge is 0.375 e. The average molecular weight is 293 g/mol. The molecular weight excluding hydrogens is 270 g/mol. The van der Waals surface area contributed by atoms with E-state index in [-0.39, 0.29) is 23.2 Å². The Morgan fingerprint density at radius 3 is 2.90 bits per heavy atom. The number of anilines is 1. The molecule has 1 aliphatic rings. The highest BCUT2D eigenvalue weighted by Gasteiger charge is 2.35. The highest BCUT2D eigenvalue weighted by Crippen LogP contribution is 2.31. The quantitative estimate of drug-likeness (QED) is 0.557. The molecule has 1 amide bonds. The molecule has 0 radical (unpaired) electrons. The molecule has 0 aliphatic carbocycles. The van der Waals surface area contributed by atoms with Crippen molar-refractivity contribution in [2.45, 2.75) is 51.2 Å². The van der Waals surface area contributed by atoms with Crippen molar-refractivity contribution in [2.24, 2.45) is 5.84 Å². The van der Waals surface area contributed by atoms with Gasteiger partial charge in [-0.15, -0.1) is 0 Å². The Kier molecular flexibility index (Phi) is 5.08. The van der Waals surface area contributed by atoms with Crippen molar-refractivity contribution >= 4 is 11.7 Å². The molecule has 1 aromatic rings. The fourth-order valence-electron chi connectivity index (χ4n) is 2.70. The predicted molar refractivity (Wildman–Crippen MR) is 79.6 cm³/mol. The van der Waals surface area contributed by atoms with Gasteiger partial charge in [0.05, 0.1) is 18.0 Å². The second-order valence-electron chi connectivity index (χ2n) is 5.34. The van der Waals surface area contributed by atoms with Crippen LogP contribution in [0, 0.1) is 0 Å². The molecular formula is C14H23N5O2. The summed E-state index contributed by atoms with van der Waals surface area (Å²) in [4.78, 5) is 20.3. The molecule has 7 heteroatoms. The van der Waals surface area contributed by atoms with Crippen LogP contribution >= 0.6 is 0 Å². The van der Waals surface area contributed by atoms with Gasteiger partial charge in [-0.1, -0.05) is 13.8 Å². The summed E-state index contributed by atoms with van der Waals surface area (Å²) in [7, 11) is 0. The molecule has 0 bridgehead atoms. The van der Waals surface area contributed by atoms with E-state index < -0.39 is 0 Å². The summed E-state index contributed by atoms with van der Waals surface area (Å²) in [5.41, 5.74) is 2.52. The second-order valence-corrected chi connectivity index (χ2v) is 5.34. The lowest BCUT2D eigenvalue weighted by molar-refractivity contribution is -0.0918. The third-order valence-corrected chi connectivity index (χ3v) is 4.13. The van der Waals surface area contributed by atoms with Gasteiger partial charge in [-0.2, -0.15) is 0 Å². The van der Waals surface area contributed by atoms with Gasteiger partial charge in [0, 0.05) is 12.6 Å². The van der Waals surface area contributed by atoms with Gasteiger partial charge in [-0.05, 0) is 25.7 Å². The molecule has 4 N–H and O–H groups in total. The first-order valence-electron chi connectivity index (χ1n) is 7.36. The van der Waals surface area contributed by atoms with Gasteiger partial charge in [0.25, 0.3) is 5.91 Å². The van der Waals surface area contributed by atoms with E-state index >= 15 is 0 Å². The van der Waals surface area contributed by atoms with Gasteiger partial charge in [-0.3, -0.25) is 9.78 Å². The second kappa shape index (κ2) is 6.82. The van der Waals surface area contributed by atoms with Crippen molar-refractivity contribution in [1.82, 2.24) is 15.3 Å². The lowest BCUT2D eigenvalue weighted by atomic mass is 9.86. The molecule has 116 valence electrons. The van der Waals surface area contributed by atoms with E-state index in [1.54, 1.807) is 0 Å². The van der Waals surface area contributed by atoms with Gasteiger partial charge >= 0.3 is 0 Å². The monoisotopic (exact) mass is 293 g/mol. The maximum atomic E-state index is 12.2. The Hall–Kier alpha value is -1.73. The Balaban J connectivity index is 2.01. The van der Waals surface area contributed by atoms with E-state index in [0.29, 0.717) is 12.4 Å². The molecule has 0 spiro atoms. The molecule has 21 heavy (non-hydrogen) atoms. The Labute approximate surface area is 124 Å². The van der Waals surface area contributed by atoms with E-state index in [1.165, 1.54) is 12.4 Å². The third-order valence-electron chi connectivity index (χ3n) is 4.13. The zero-order valence-corrected chi connectivity index (χ0v) is 12.6. The van der Waals surface area contributed by atoms with E-state index in [1.807, 2.05) is 0 Å². The number of carbonyl (C=O) groups excluding carboxylic acids is 1. The normalized spacial score (nSPS) is 20.8. The van der Waals surface area contributed by atoms with Gasteiger partial charge in [0.15, 0.2) is 5.82 Å². The molecule has 1 unspecified atom stereocenters. The fraction of sp³-hybridized carbons (Fsp3) is 0.643. The zero-order chi connectivity index (χ0) is 15.3. The van der Waals surface area contributed by atoms with Crippen LogP contribution in [0.2, 0.25) is 0 Å². The number of carbonyl (C=O) groups is 1. The summed E-state index contributed by atoms with van der Waals surface area (Å²) >= 11 is 0. The number of hydrogen-bond donors (Lipinski definition) is 3. The molecule has 2 rings (SSSR count). The van der Waals surface area contributed by atoms with Crippen LogP contribution in [0.4, 0.5) is 5.82 Å². The smallest absolute Gasteiger partial charge is 0.271 e. The number of nitrogen functional groups attached to an aromatic ring is 1. The van der Waals surface area contributed by atoms with E-state index in [0.717, 1.165) is 25.7 Å². The van der Waals surface area contributed by atoms with Crippen LogP contribution in [0.1, 0.15) is 50.0 Å². The number of nitrogens with zero attached hydrogens (tertiary/aromatic N) is 2. The molecule has 1 atom stereocenters. The van der Waals surface area contributed by atoms with Crippen LogP contribution in [0.25, 0.3) is 0 Å². The molecule has 2 heterocycles. The Morgan fingerprint density at radius 1 is 1.48 bits per heavy atom. The number of aromatic nitrogens is 2. The Bertz CT molecular complexity index is 490. The Morgan fingerprint density at radius 2 is 2.24 bits per heavy atom. The van der Waals surface area contributed by atoms with Gasteiger partial charge < -0.3 is 15.5 Å². The number of rotatable bonds is 5. The van der Waals surface area contributed by atoms with Gasteiger partial charge in [0.2, 0.25) is 0 Å². The van der Waals surface area contributed by atoms with Crippen LogP contribution in [-0.4, -0.2) is 34.1 Å². The topological polar surface area (TPSA) is 102 Å². The summed E-state index contributed by atoms with van der Waals surface area (Å²) in [6.45, 7) is 4.91. The number of ether oxygens (including phenoxy) is 1. The van der Waals surface area contributed by atoms with E-state index in [9.17, 15) is 4.79 Å². The fourth-order valence-corrected chi connectivity index (χ4v) is 2.70. The lowest BCUT2D eigenvalue weighted by Crippen LogP contribution is -2.48. The molecule has 1 saturated heterocycles. The zero-order valence-electron chi connectivity index (χ0n) is 12.6. The van der Waals surface area contributed by atoms with Crippen LogP contribution < -0.4 is 16.6 Å². The molecule has 1 fully saturated rings. The van der Waals surface area contributed by atoms with Crippen molar-refractivity contribution in [2.75, 3.05) is 12.0 Å². The predicted octanol–water partition coefficient (Wildman–Crippen LogP) is 1.23. The van der Waals surface area contributed by atoms with Gasteiger partial charge in [0.1, 0.15) is 5.69 Å². The summed E-state index contributed by atoms with van der Waals surface area (Å²) < 4.78 is 5.91. The minimum atomic E-state index is -0.229. The highest BCUT2D eigenvalue weighted by atomic mass is 16.5. The maximum absolute atomic E-state index is 12.2. The van der Waals surface area contributed by atoms with Crippen molar-refractivity contribution in [1.29, 1.82) is 0 Å². The van der Waals surface area contributed by atoms with E-state index in [2.05, 4.69) is 34.6 Å². The van der Waals surface area contributed by atoms with Crippen molar-refractivity contribution < 1.29 is 9.53 Å². The number of hydrogen-bond acceptors (Lipinski definition) is 6. The minimum Gasteiger partial charge on any atom is -0.375 e. The molecule has 0 saturated carbocycles.